The molecule has 1 aliphatic heterocycles. The third kappa shape index (κ3) is 2.02. The lowest BCUT2D eigenvalue weighted by molar-refractivity contribution is 0.0998. The number of carbonyl (C=O) groups excluding carboxylic acids is 1. The zero-order valence-electron chi connectivity index (χ0n) is 8.55. The predicted molar refractivity (Wildman–Crippen MR) is 61.0 cm³/mol. The summed E-state index contributed by atoms with van der Waals surface area (Å²) in [6.07, 6.45) is 7.47. The molecule has 0 fully saturated rings. The average molecular weight is 199 g/mol. The minimum absolute atomic E-state index is 0.0332. The van der Waals surface area contributed by atoms with Crippen molar-refractivity contribution in [2.45, 2.75) is 19.3 Å². The van der Waals surface area contributed by atoms with E-state index in [1.165, 1.54) is 5.56 Å². The van der Waals surface area contributed by atoms with Gasteiger partial charge in [0.25, 0.3) is 0 Å². The van der Waals surface area contributed by atoms with Gasteiger partial charge in [0.2, 0.25) is 0 Å². The molecule has 2 nitrogen and oxygen atoms in total. The van der Waals surface area contributed by atoms with E-state index in [0.717, 1.165) is 30.6 Å². The molecule has 1 heterocycles. The van der Waals surface area contributed by atoms with Crippen molar-refractivity contribution < 1.29 is 4.79 Å². The van der Waals surface area contributed by atoms with Crippen molar-refractivity contribution in [1.29, 1.82) is 0 Å². The molecule has 0 amide bonds. The van der Waals surface area contributed by atoms with E-state index in [2.05, 4.69) is 11.2 Å². The number of Topliss-reactive ketones (excluding diaryl/α,β-unsaturated/α-hetero) is 1. The monoisotopic (exact) mass is 199 g/mol. The van der Waals surface area contributed by atoms with Gasteiger partial charge in [-0.05, 0) is 36.6 Å². The summed E-state index contributed by atoms with van der Waals surface area (Å²) in [7, 11) is 0. The first-order valence-corrected chi connectivity index (χ1v) is 5.15. The highest BCUT2D eigenvalue weighted by atomic mass is 16.1. The van der Waals surface area contributed by atoms with Gasteiger partial charge < -0.3 is 5.32 Å². The minimum Gasteiger partial charge on any atom is -0.385 e. The second-order valence-corrected chi connectivity index (χ2v) is 3.71. The van der Waals surface area contributed by atoms with Gasteiger partial charge in [0.1, 0.15) is 0 Å². The summed E-state index contributed by atoms with van der Waals surface area (Å²) in [5.41, 5.74) is 3.11. The summed E-state index contributed by atoms with van der Waals surface area (Å²) < 4.78 is 0. The Morgan fingerprint density at radius 2 is 2.40 bits per heavy atom. The number of benzene rings is 1. The van der Waals surface area contributed by atoms with Crippen molar-refractivity contribution in [3.63, 3.8) is 0 Å². The molecule has 0 aliphatic carbocycles. The van der Waals surface area contributed by atoms with Crippen molar-refractivity contribution >= 4 is 11.5 Å². The van der Waals surface area contributed by atoms with Crippen LogP contribution in [0.15, 0.2) is 18.2 Å². The van der Waals surface area contributed by atoms with Crippen LogP contribution in [0.1, 0.15) is 28.8 Å². The lowest BCUT2D eigenvalue weighted by Crippen LogP contribution is -2.12. The van der Waals surface area contributed by atoms with Gasteiger partial charge >= 0.3 is 0 Å². The van der Waals surface area contributed by atoms with Crippen LogP contribution in [-0.4, -0.2) is 12.3 Å². The van der Waals surface area contributed by atoms with E-state index in [0.29, 0.717) is 0 Å². The Kier molecular flexibility index (Phi) is 2.73. The highest BCUT2D eigenvalue weighted by Crippen LogP contribution is 2.23. The van der Waals surface area contributed by atoms with Gasteiger partial charge in [0, 0.05) is 17.8 Å². The first kappa shape index (κ1) is 9.79. The number of anilines is 1. The van der Waals surface area contributed by atoms with E-state index in [4.69, 9.17) is 6.42 Å². The first-order valence-electron chi connectivity index (χ1n) is 5.15. The Morgan fingerprint density at radius 3 is 3.20 bits per heavy atom. The van der Waals surface area contributed by atoms with Crippen molar-refractivity contribution in [2.75, 3.05) is 11.9 Å². The number of rotatable bonds is 2. The van der Waals surface area contributed by atoms with Crippen LogP contribution in [0.3, 0.4) is 0 Å². The third-order valence-corrected chi connectivity index (χ3v) is 2.63. The molecule has 76 valence electrons. The van der Waals surface area contributed by atoms with Gasteiger partial charge in [0.15, 0.2) is 5.78 Å². The highest BCUT2D eigenvalue weighted by molar-refractivity contribution is 5.98. The molecule has 0 saturated carbocycles. The van der Waals surface area contributed by atoms with Crippen molar-refractivity contribution in [1.82, 2.24) is 0 Å². The van der Waals surface area contributed by atoms with Crippen molar-refractivity contribution in [2.24, 2.45) is 0 Å². The van der Waals surface area contributed by atoms with Gasteiger partial charge in [0.05, 0.1) is 6.42 Å². The van der Waals surface area contributed by atoms with Crippen LogP contribution >= 0.6 is 0 Å². The zero-order chi connectivity index (χ0) is 10.7. The fraction of sp³-hybridized carbons (Fsp3) is 0.308. The van der Waals surface area contributed by atoms with Crippen molar-refractivity contribution in [3.05, 3.63) is 29.3 Å². The molecule has 0 atom stereocenters. The molecule has 1 N–H and O–H groups in total. The van der Waals surface area contributed by atoms with Crippen LogP contribution < -0.4 is 5.32 Å². The van der Waals surface area contributed by atoms with Gasteiger partial charge in [-0.15, -0.1) is 6.42 Å². The van der Waals surface area contributed by atoms with Crippen LogP contribution in [0.25, 0.3) is 0 Å². The van der Waals surface area contributed by atoms with E-state index in [9.17, 15) is 4.79 Å². The van der Waals surface area contributed by atoms with E-state index < -0.39 is 0 Å². The SMILES string of the molecule is C#CCC(=O)c1ccc2c(c1)CCCN2. The molecule has 0 unspecified atom stereocenters. The molecule has 1 aromatic carbocycles. The fourth-order valence-electron chi connectivity index (χ4n) is 1.84. The van der Waals surface area contributed by atoms with E-state index in [1.807, 2.05) is 18.2 Å². The Balaban J connectivity index is 2.28. The molecule has 0 spiro atoms. The Bertz CT molecular complexity index is 429. The second kappa shape index (κ2) is 4.18. The second-order valence-electron chi connectivity index (χ2n) is 3.71. The van der Waals surface area contributed by atoms with E-state index >= 15 is 0 Å². The minimum atomic E-state index is 0.0332. The number of hydrogen-bond donors (Lipinski definition) is 1. The number of aryl methyl sites for hydroxylation is 1. The number of ketones is 1. The Morgan fingerprint density at radius 1 is 1.53 bits per heavy atom. The quantitative estimate of drug-likeness (QED) is 0.584. The van der Waals surface area contributed by atoms with E-state index in [1.54, 1.807) is 0 Å². The largest absolute Gasteiger partial charge is 0.385 e. The summed E-state index contributed by atoms with van der Waals surface area (Å²) in [6, 6.07) is 5.77. The van der Waals surface area contributed by atoms with Crippen LogP contribution in [0.2, 0.25) is 0 Å². The molecule has 0 saturated heterocycles. The third-order valence-electron chi connectivity index (χ3n) is 2.63. The molecule has 0 radical (unpaired) electrons. The highest BCUT2D eigenvalue weighted by Gasteiger charge is 2.11. The number of nitrogens with one attached hydrogen (secondary N) is 1. The smallest absolute Gasteiger partial charge is 0.174 e. The molecule has 2 heteroatoms. The lowest BCUT2D eigenvalue weighted by atomic mass is 9.98. The standard InChI is InChI=1S/C13H13NO/c1-2-4-13(15)11-6-7-12-10(9-11)5-3-8-14-12/h1,6-7,9,14H,3-5,8H2. The van der Waals surface area contributed by atoms with Gasteiger partial charge in [-0.25, -0.2) is 0 Å². The Labute approximate surface area is 89.7 Å². The average Bonchev–Trinajstić information content (AvgIpc) is 2.29. The van der Waals surface area contributed by atoms with Gasteiger partial charge in [-0.1, -0.05) is 5.92 Å². The normalized spacial score (nSPS) is 13.5. The van der Waals surface area contributed by atoms with Crippen LogP contribution in [-0.2, 0) is 6.42 Å². The molecular weight excluding hydrogens is 186 g/mol. The molecule has 1 aromatic rings. The summed E-state index contributed by atoms with van der Waals surface area (Å²) in [5, 5.41) is 3.31. The molecular formula is C13H13NO. The molecule has 2 rings (SSSR count). The van der Waals surface area contributed by atoms with Crippen LogP contribution in [0.5, 0.6) is 0 Å². The summed E-state index contributed by atoms with van der Waals surface area (Å²) in [6.45, 7) is 1.02. The Hall–Kier alpha value is -1.75. The van der Waals surface area contributed by atoms with Gasteiger partial charge in [-0.2, -0.15) is 0 Å². The maximum Gasteiger partial charge on any atom is 0.174 e. The molecule has 1 aliphatic rings. The number of fused-ring (bicyclic) bond motifs is 1. The molecule has 0 aromatic heterocycles. The summed E-state index contributed by atoms with van der Waals surface area (Å²) >= 11 is 0. The number of carbonyl (C=O) groups is 1. The van der Waals surface area contributed by atoms with Crippen LogP contribution in [0, 0.1) is 12.3 Å². The summed E-state index contributed by atoms with van der Waals surface area (Å²) in [4.78, 5) is 11.6. The van der Waals surface area contributed by atoms with Gasteiger partial charge in [-0.3, -0.25) is 4.79 Å². The predicted octanol–water partition coefficient (Wildman–Crippen LogP) is 2.25. The molecule has 0 bridgehead atoms. The summed E-state index contributed by atoms with van der Waals surface area (Å²) in [5.74, 6) is 2.41. The number of terminal acetylenes is 1. The fourth-order valence-corrected chi connectivity index (χ4v) is 1.84. The van der Waals surface area contributed by atoms with Crippen molar-refractivity contribution in [3.8, 4) is 12.3 Å². The zero-order valence-corrected chi connectivity index (χ0v) is 8.55. The van der Waals surface area contributed by atoms with E-state index in [-0.39, 0.29) is 12.2 Å². The maximum absolute atomic E-state index is 11.6. The lowest BCUT2D eigenvalue weighted by Gasteiger charge is -2.18. The number of hydrogen-bond acceptors (Lipinski definition) is 2. The first-order chi connectivity index (χ1) is 7.31. The van der Waals surface area contributed by atoms with Crippen LogP contribution in [0.4, 0.5) is 5.69 Å². The maximum atomic E-state index is 11.6. The molecule has 15 heavy (non-hydrogen) atoms. The topological polar surface area (TPSA) is 29.1 Å².